The van der Waals surface area contributed by atoms with Crippen LogP contribution in [0.2, 0.25) is 0 Å². The average molecular weight is 452 g/mol. The van der Waals surface area contributed by atoms with Gasteiger partial charge in [0.1, 0.15) is 6.04 Å². The van der Waals surface area contributed by atoms with E-state index in [1.54, 1.807) is 22.9 Å². The van der Waals surface area contributed by atoms with Crippen LogP contribution in [0, 0.1) is 0 Å². The van der Waals surface area contributed by atoms with Crippen LogP contribution in [0.4, 0.5) is 5.13 Å². The van der Waals surface area contributed by atoms with E-state index in [1.165, 1.54) is 16.9 Å². The molecule has 2 aromatic rings. The molecule has 8 heteroatoms. The summed E-state index contributed by atoms with van der Waals surface area (Å²) in [4.78, 5) is 31.8. The average Bonchev–Trinajstić information content (AvgIpc) is 3.26. The third-order valence-electron chi connectivity index (χ3n) is 4.85. The predicted molar refractivity (Wildman–Crippen MR) is 108 cm³/mol. The van der Waals surface area contributed by atoms with Crippen LogP contribution in [0.5, 0.6) is 0 Å². The van der Waals surface area contributed by atoms with Crippen LogP contribution in [-0.2, 0) is 16.0 Å². The van der Waals surface area contributed by atoms with Gasteiger partial charge in [-0.25, -0.2) is 4.98 Å². The number of thioether (sulfide) groups is 1. The Morgan fingerprint density at radius 3 is 3.08 bits per heavy atom. The molecule has 0 radical (unpaired) electrons. The molecular weight excluding hydrogens is 434 g/mol. The number of nitrogens with one attached hydrogen (secondary N) is 1. The molecule has 26 heavy (non-hydrogen) atoms. The number of fused-ring (bicyclic) bond motifs is 1. The van der Waals surface area contributed by atoms with Gasteiger partial charge < -0.3 is 10.2 Å². The third kappa shape index (κ3) is 3.30. The summed E-state index contributed by atoms with van der Waals surface area (Å²) >= 11 is 6.73. The largest absolute Gasteiger partial charge is 0.315 e. The van der Waals surface area contributed by atoms with Gasteiger partial charge in [-0.2, -0.15) is 0 Å². The molecule has 1 N–H and O–H groups in total. The van der Waals surface area contributed by atoms with Crippen LogP contribution in [0.15, 0.2) is 34.9 Å². The van der Waals surface area contributed by atoms with Gasteiger partial charge in [0.2, 0.25) is 11.8 Å². The van der Waals surface area contributed by atoms with Crippen molar-refractivity contribution >= 4 is 56.0 Å². The summed E-state index contributed by atoms with van der Waals surface area (Å²) in [5, 5.41) is 3.49. The van der Waals surface area contributed by atoms with Crippen LogP contribution >= 0.6 is 39.0 Å². The number of aromatic nitrogens is 1. The van der Waals surface area contributed by atoms with E-state index in [2.05, 4.69) is 39.2 Å². The van der Waals surface area contributed by atoms with E-state index in [0.29, 0.717) is 17.3 Å². The van der Waals surface area contributed by atoms with E-state index in [4.69, 9.17) is 0 Å². The second-order valence-electron chi connectivity index (χ2n) is 6.65. The molecule has 136 valence electrons. The summed E-state index contributed by atoms with van der Waals surface area (Å²) in [7, 11) is 0. The van der Waals surface area contributed by atoms with Crippen molar-refractivity contribution in [3.63, 3.8) is 0 Å². The van der Waals surface area contributed by atoms with E-state index in [-0.39, 0.29) is 16.7 Å². The minimum atomic E-state index is -0.407. The highest BCUT2D eigenvalue weighted by molar-refractivity contribution is 9.10. The van der Waals surface area contributed by atoms with Crippen molar-refractivity contribution in [1.82, 2.24) is 9.88 Å². The Labute approximate surface area is 168 Å². The molecule has 1 aromatic carbocycles. The van der Waals surface area contributed by atoms with Gasteiger partial charge in [0.05, 0.1) is 4.87 Å². The van der Waals surface area contributed by atoms with E-state index in [9.17, 15) is 9.59 Å². The summed E-state index contributed by atoms with van der Waals surface area (Å²) < 4.78 is 1.06. The normalized spacial score (nSPS) is 24.8. The number of hydrogen-bond donors (Lipinski definition) is 1. The number of carbonyl (C=O) groups is 2. The molecule has 4 rings (SSSR count). The molecule has 5 nitrogen and oxygen atoms in total. The van der Waals surface area contributed by atoms with Crippen LogP contribution in [0.25, 0.3) is 0 Å². The zero-order valence-corrected chi connectivity index (χ0v) is 17.4. The van der Waals surface area contributed by atoms with Crippen LogP contribution in [-0.4, -0.2) is 38.4 Å². The number of benzene rings is 1. The zero-order valence-electron chi connectivity index (χ0n) is 14.2. The van der Waals surface area contributed by atoms with Gasteiger partial charge in [-0.1, -0.05) is 34.1 Å². The Hall–Kier alpha value is -1.38. The number of carbonyl (C=O) groups excluding carboxylic acids is 2. The maximum atomic E-state index is 12.7. The molecule has 3 heterocycles. The lowest BCUT2D eigenvalue weighted by Gasteiger charge is -2.29. The summed E-state index contributed by atoms with van der Waals surface area (Å²) in [5.41, 5.74) is 1.18. The molecule has 2 fully saturated rings. The Balaban J connectivity index is 1.44. The lowest BCUT2D eigenvalue weighted by Crippen LogP contribution is -2.48. The van der Waals surface area contributed by atoms with Crippen molar-refractivity contribution in [2.75, 3.05) is 11.1 Å². The summed E-state index contributed by atoms with van der Waals surface area (Å²) in [6.45, 7) is 2.05. The van der Waals surface area contributed by atoms with E-state index in [1.807, 2.05) is 18.2 Å². The van der Waals surface area contributed by atoms with Crippen molar-refractivity contribution in [2.45, 2.75) is 37.1 Å². The minimum Gasteiger partial charge on any atom is -0.315 e. The monoisotopic (exact) mass is 451 g/mol. The van der Waals surface area contributed by atoms with E-state index in [0.717, 1.165) is 22.2 Å². The van der Waals surface area contributed by atoms with Gasteiger partial charge in [0.25, 0.3) is 0 Å². The summed E-state index contributed by atoms with van der Waals surface area (Å²) in [6.07, 6.45) is 3.90. The number of nitrogens with zero attached hydrogens (tertiary/aromatic N) is 2. The fourth-order valence-corrected chi connectivity index (χ4v) is 6.18. The van der Waals surface area contributed by atoms with E-state index < -0.39 is 6.04 Å². The quantitative estimate of drug-likeness (QED) is 0.765. The van der Waals surface area contributed by atoms with Crippen molar-refractivity contribution in [1.29, 1.82) is 0 Å². The number of anilines is 1. The van der Waals surface area contributed by atoms with Crippen molar-refractivity contribution in [2.24, 2.45) is 0 Å². The minimum absolute atomic E-state index is 0.0754. The first kappa shape index (κ1) is 18.0. The van der Waals surface area contributed by atoms with Gasteiger partial charge in [-0.05, 0) is 25.0 Å². The van der Waals surface area contributed by atoms with Crippen molar-refractivity contribution < 1.29 is 9.59 Å². The standard InChI is InChI=1S/C18H18BrN3O2S2/c1-18-7-6-15(23)22(18)14(10-25-18)16(24)21-17-20-9-12(26-17)8-11-4-2-3-5-13(11)19/h2-5,9,14H,6-8,10H2,1H3,(H,20,21,24)/t14-,18-/m0/s1. The van der Waals surface area contributed by atoms with Gasteiger partial charge in [-0.15, -0.1) is 23.1 Å². The molecule has 2 saturated heterocycles. The summed E-state index contributed by atoms with van der Waals surface area (Å²) in [6, 6.07) is 7.67. The molecule has 2 amide bonds. The molecule has 0 unspecified atom stereocenters. The second-order valence-corrected chi connectivity index (χ2v) is 10.1. The fourth-order valence-electron chi connectivity index (χ4n) is 3.48. The fraction of sp³-hybridized carbons (Fsp3) is 0.389. The topological polar surface area (TPSA) is 62.3 Å². The highest BCUT2D eigenvalue weighted by Crippen LogP contribution is 2.47. The molecule has 0 aliphatic carbocycles. The first-order valence-electron chi connectivity index (χ1n) is 8.41. The SMILES string of the molecule is C[C@]12CCC(=O)N1[C@H](C(=O)Nc1ncc(Cc3ccccc3Br)s1)CS2. The maximum Gasteiger partial charge on any atom is 0.249 e. The molecule has 2 atom stereocenters. The Morgan fingerprint density at radius 1 is 1.46 bits per heavy atom. The van der Waals surface area contributed by atoms with Gasteiger partial charge in [0.15, 0.2) is 5.13 Å². The van der Waals surface area contributed by atoms with Crippen molar-refractivity contribution in [3.8, 4) is 0 Å². The van der Waals surface area contributed by atoms with Crippen LogP contribution in [0.3, 0.4) is 0 Å². The lowest BCUT2D eigenvalue weighted by atomic mass is 10.1. The molecule has 0 spiro atoms. The number of hydrogen-bond acceptors (Lipinski definition) is 5. The highest BCUT2D eigenvalue weighted by Gasteiger charge is 2.52. The van der Waals surface area contributed by atoms with Gasteiger partial charge in [-0.3, -0.25) is 9.59 Å². The predicted octanol–water partition coefficient (Wildman–Crippen LogP) is 3.89. The lowest BCUT2D eigenvalue weighted by molar-refractivity contribution is -0.135. The first-order chi connectivity index (χ1) is 12.5. The Morgan fingerprint density at radius 2 is 2.27 bits per heavy atom. The number of halogens is 1. The molecule has 2 aliphatic rings. The Bertz CT molecular complexity index is 872. The summed E-state index contributed by atoms with van der Waals surface area (Å²) in [5.74, 6) is 0.577. The van der Waals surface area contributed by atoms with Crippen LogP contribution < -0.4 is 5.32 Å². The highest BCUT2D eigenvalue weighted by atomic mass is 79.9. The second kappa shape index (κ2) is 6.98. The number of amides is 2. The number of thiazole rings is 1. The van der Waals surface area contributed by atoms with Gasteiger partial charge in [0, 0.05) is 34.1 Å². The number of rotatable bonds is 4. The van der Waals surface area contributed by atoms with Crippen molar-refractivity contribution in [3.05, 3.63) is 45.4 Å². The van der Waals surface area contributed by atoms with Gasteiger partial charge >= 0.3 is 0 Å². The molecular formula is C18H18BrN3O2S2. The smallest absolute Gasteiger partial charge is 0.249 e. The maximum absolute atomic E-state index is 12.7. The molecule has 2 aliphatic heterocycles. The molecule has 0 saturated carbocycles. The van der Waals surface area contributed by atoms with E-state index >= 15 is 0 Å². The third-order valence-corrected chi connectivity index (χ3v) is 8.05. The Kier molecular flexibility index (Phi) is 4.83. The zero-order chi connectivity index (χ0) is 18.3. The first-order valence-corrected chi connectivity index (χ1v) is 11.0. The molecule has 1 aromatic heterocycles. The molecule has 0 bridgehead atoms. The van der Waals surface area contributed by atoms with Crippen LogP contribution in [0.1, 0.15) is 30.2 Å².